The number of pyridine rings is 2. The largest absolute Gasteiger partial charge is 0.477 e. The van der Waals surface area contributed by atoms with Gasteiger partial charge in [0.2, 0.25) is 5.88 Å². The van der Waals surface area contributed by atoms with Crippen LogP contribution in [0.5, 0.6) is 5.88 Å². The van der Waals surface area contributed by atoms with Crippen molar-refractivity contribution in [1.82, 2.24) is 24.5 Å². The Morgan fingerprint density at radius 2 is 1.87 bits per heavy atom. The van der Waals surface area contributed by atoms with E-state index in [1.165, 1.54) is 31.7 Å². The lowest BCUT2D eigenvalue weighted by atomic mass is 9.69. The Bertz CT molecular complexity index is 1730. The van der Waals surface area contributed by atoms with Crippen LogP contribution in [0.3, 0.4) is 0 Å². The second-order valence-electron chi connectivity index (χ2n) is 14.7. The molecule has 1 saturated heterocycles. The first-order chi connectivity index (χ1) is 21.9. The fourth-order valence-corrected chi connectivity index (χ4v) is 8.73. The fourth-order valence-electron chi connectivity index (χ4n) is 7.80. The number of nitrogens with zero attached hydrogens (tertiary/aromatic N) is 5. The maximum absolute atomic E-state index is 13.7. The number of rotatable bonds is 6. The van der Waals surface area contributed by atoms with E-state index in [-0.39, 0.29) is 22.2 Å². The van der Waals surface area contributed by atoms with Gasteiger partial charge in [-0.1, -0.05) is 19.9 Å². The first-order valence-corrected chi connectivity index (χ1v) is 18.2. The van der Waals surface area contributed by atoms with Crippen LogP contribution in [0.1, 0.15) is 89.4 Å². The van der Waals surface area contributed by atoms with Crippen molar-refractivity contribution in [3.63, 3.8) is 0 Å². The number of fused-ring (bicyclic) bond motifs is 6. The third-order valence-electron chi connectivity index (χ3n) is 10.8. The van der Waals surface area contributed by atoms with E-state index in [4.69, 9.17) is 9.72 Å². The highest BCUT2D eigenvalue weighted by molar-refractivity contribution is 7.90. The van der Waals surface area contributed by atoms with Crippen molar-refractivity contribution in [3.8, 4) is 11.7 Å². The van der Waals surface area contributed by atoms with E-state index in [0.717, 1.165) is 31.6 Å². The van der Waals surface area contributed by atoms with Gasteiger partial charge >= 0.3 is 0 Å². The van der Waals surface area contributed by atoms with E-state index in [1.54, 1.807) is 28.9 Å². The van der Waals surface area contributed by atoms with Gasteiger partial charge < -0.3 is 15.0 Å². The molecule has 2 N–H and O–H groups in total. The van der Waals surface area contributed by atoms with Gasteiger partial charge in [-0.2, -0.15) is 8.42 Å². The Balaban J connectivity index is 1.19. The van der Waals surface area contributed by atoms with E-state index >= 15 is 0 Å². The lowest BCUT2D eigenvalue weighted by Crippen LogP contribution is -2.41. The molecular weight excluding hydrogens is 602 g/mol. The van der Waals surface area contributed by atoms with Gasteiger partial charge in [0.05, 0.1) is 12.2 Å². The molecule has 3 aromatic heterocycles. The highest BCUT2D eigenvalue weighted by atomic mass is 32.2. The summed E-state index contributed by atoms with van der Waals surface area (Å²) in [4.78, 5) is 25.2. The van der Waals surface area contributed by atoms with Crippen molar-refractivity contribution in [1.29, 1.82) is 0 Å². The molecule has 2 aliphatic carbocycles. The molecule has 3 fully saturated rings. The molecule has 3 atom stereocenters. The molecule has 1 spiro atoms. The molecule has 5 heterocycles. The van der Waals surface area contributed by atoms with E-state index in [9.17, 15) is 13.2 Å². The van der Waals surface area contributed by atoms with Crippen LogP contribution in [-0.4, -0.2) is 58.8 Å². The smallest absolute Gasteiger partial charge is 0.281 e. The summed E-state index contributed by atoms with van der Waals surface area (Å²) in [7, 11) is -4.26. The molecule has 2 saturated carbocycles. The number of anilines is 2. The molecule has 46 heavy (non-hydrogen) atoms. The SMILES string of the molecule is CC(C)C1CC[C@@H]2CN(c3nc(-n4ccc(OCCC5CCC56CC6)n4)ccc3C(=O)NS(=O)(=O)c3cccc(n3)N1)C(C)(C)C2. The Morgan fingerprint density at radius 1 is 1.04 bits per heavy atom. The van der Waals surface area contributed by atoms with Crippen LogP contribution in [0.2, 0.25) is 0 Å². The average Bonchev–Trinajstić information content (AvgIpc) is 3.62. The number of hydrogen-bond acceptors (Lipinski definition) is 9. The van der Waals surface area contributed by atoms with E-state index in [1.807, 2.05) is 12.3 Å². The quantitative estimate of drug-likeness (QED) is 0.352. The predicted molar refractivity (Wildman–Crippen MR) is 176 cm³/mol. The van der Waals surface area contributed by atoms with Gasteiger partial charge in [0.1, 0.15) is 11.6 Å². The summed E-state index contributed by atoms with van der Waals surface area (Å²) in [5, 5.41) is 7.88. The Morgan fingerprint density at radius 3 is 2.61 bits per heavy atom. The number of nitrogens with one attached hydrogen (secondary N) is 2. The maximum Gasteiger partial charge on any atom is 0.281 e. The lowest BCUT2D eigenvalue weighted by molar-refractivity contribution is 0.0981. The highest BCUT2D eigenvalue weighted by Gasteiger charge is 2.54. The average molecular weight is 648 g/mol. The first kappa shape index (κ1) is 31.0. The molecule has 4 aliphatic rings. The standard InChI is InChI=1S/C34H45N7O4S/c1-22(2)26-10-8-23-20-33(3,4)40(21-23)31-25(32(42)39-46(43,44)30-7-5-6-27(35-26)36-30)9-11-28(37-31)41-18-13-29(38-41)45-19-14-24-12-15-34(24)16-17-34/h5-7,9,11,13,18,22-24,26H,8,10,12,14-17,19-21H2,1-4H3,(H,35,36)(H,39,42)/t23-,24?,26?/m0/s1. The number of amides is 1. The number of ether oxygens (including phenoxy) is 1. The minimum atomic E-state index is -4.26. The molecule has 12 heteroatoms. The Kier molecular flexibility index (Phi) is 7.76. The van der Waals surface area contributed by atoms with Crippen LogP contribution in [0, 0.1) is 23.2 Å². The van der Waals surface area contributed by atoms with Crippen molar-refractivity contribution >= 4 is 27.6 Å². The van der Waals surface area contributed by atoms with E-state index in [2.05, 4.69) is 52.7 Å². The molecular formula is C34H45N7O4S. The summed E-state index contributed by atoms with van der Waals surface area (Å²) in [5.74, 6) is 2.67. The van der Waals surface area contributed by atoms with Gasteiger partial charge in [0.15, 0.2) is 10.8 Å². The summed E-state index contributed by atoms with van der Waals surface area (Å²) in [5.41, 5.74) is 0.498. The predicted octanol–water partition coefficient (Wildman–Crippen LogP) is 5.58. The molecule has 7 rings (SSSR count). The number of aromatic nitrogens is 4. The molecule has 2 unspecified atom stereocenters. The molecule has 0 radical (unpaired) electrons. The number of hydrogen-bond donors (Lipinski definition) is 2. The minimum Gasteiger partial charge on any atom is -0.477 e. The Labute approximate surface area is 271 Å². The molecule has 0 aromatic carbocycles. The molecule has 4 bridgehead atoms. The molecule has 2 aliphatic heterocycles. The van der Waals surface area contributed by atoms with E-state index < -0.39 is 15.9 Å². The lowest BCUT2D eigenvalue weighted by Gasteiger charge is -2.37. The maximum atomic E-state index is 13.7. The summed E-state index contributed by atoms with van der Waals surface area (Å²) < 4.78 is 36.8. The number of carbonyl (C=O) groups excluding carboxylic acids is 1. The summed E-state index contributed by atoms with van der Waals surface area (Å²) in [6.45, 7) is 9.96. The third-order valence-corrected chi connectivity index (χ3v) is 12.1. The van der Waals surface area contributed by atoms with Gasteiger partial charge in [-0.3, -0.25) is 4.79 Å². The third kappa shape index (κ3) is 5.96. The second kappa shape index (κ2) is 11.5. The van der Waals surface area contributed by atoms with Gasteiger partial charge in [-0.05, 0) is 113 Å². The Hall–Kier alpha value is -3.67. The second-order valence-corrected chi connectivity index (χ2v) is 16.4. The first-order valence-electron chi connectivity index (χ1n) is 16.7. The summed E-state index contributed by atoms with van der Waals surface area (Å²) in [6, 6.07) is 10.1. The van der Waals surface area contributed by atoms with Crippen molar-refractivity contribution in [2.45, 2.75) is 95.7 Å². The minimum absolute atomic E-state index is 0.110. The van der Waals surface area contributed by atoms with Crippen LogP contribution in [0.25, 0.3) is 5.82 Å². The van der Waals surface area contributed by atoms with Crippen LogP contribution in [0.15, 0.2) is 47.6 Å². The van der Waals surface area contributed by atoms with Crippen LogP contribution < -0.4 is 19.7 Å². The van der Waals surface area contributed by atoms with Gasteiger partial charge in [-0.25, -0.2) is 19.4 Å². The van der Waals surface area contributed by atoms with Gasteiger partial charge in [0.25, 0.3) is 15.9 Å². The van der Waals surface area contributed by atoms with Crippen molar-refractivity contribution in [2.75, 3.05) is 23.4 Å². The van der Waals surface area contributed by atoms with E-state index in [0.29, 0.717) is 53.7 Å². The number of sulfonamides is 1. The molecule has 246 valence electrons. The van der Waals surface area contributed by atoms with Crippen molar-refractivity contribution in [3.05, 3.63) is 48.2 Å². The highest BCUT2D eigenvalue weighted by Crippen LogP contribution is 2.65. The molecule has 11 nitrogen and oxygen atoms in total. The summed E-state index contributed by atoms with van der Waals surface area (Å²) in [6.07, 6.45) is 11.1. The fraction of sp³-hybridized carbons (Fsp3) is 0.588. The number of carbonyl (C=O) groups is 1. The monoisotopic (exact) mass is 647 g/mol. The van der Waals surface area contributed by atoms with Crippen molar-refractivity contribution in [2.24, 2.45) is 23.2 Å². The van der Waals surface area contributed by atoms with Gasteiger partial charge in [-0.15, -0.1) is 5.10 Å². The zero-order valence-electron chi connectivity index (χ0n) is 27.2. The zero-order valence-corrected chi connectivity index (χ0v) is 28.0. The summed E-state index contributed by atoms with van der Waals surface area (Å²) >= 11 is 0. The topological polar surface area (TPSA) is 131 Å². The van der Waals surface area contributed by atoms with Crippen LogP contribution >= 0.6 is 0 Å². The zero-order chi connectivity index (χ0) is 32.3. The van der Waals surface area contributed by atoms with Crippen LogP contribution in [0.4, 0.5) is 11.6 Å². The van der Waals surface area contributed by atoms with Crippen LogP contribution in [-0.2, 0) is 10.0 Å². The molecule has 3 aromatic rings. The molecule has 1 amide bonds. The van der Waals surface area contributed by atoms with Gasteiger partial charge in [0, 0.05) is 30.4 Å². The normalized spacial score (nSPS) is 25.9. The van der Waals surface area contributed by atoms with Crippen molar-refractivity contribution < 1.29 is 17.9 Å².